The van der Waals surface area contributed by atoms with Crippen molar-refractivity contribution in [2.45, 2.75) is 39.2 Å². The van der Waals surface area contributed by atoms with Crippen molar-refractivity contribution in [1.82, 2.24) is 15.3 Å². The average molecular weight is 264 g/mol. The summed E-state index contributed by atoms with van der Waals surface area (Å²) in [4.78, 5) is 19.8. The minimum atomic E-state index is -0.476. The molecule has 6 nitrogen and oxygen atoms in total. The Morgan fingerprint density at radius 2 is 2.21 bits per heavy atom. The highest BCUT2D eigenvalue weighted by molar-refractivity contribution is 6.30. The molecule has 0 aliphatic heterocycles. The van der Waals surface area contributed by atoms with E-state index in [0.717, 1.165) is 17.7 Å². The van der Waals surface area contributed by atoms with Crippen LogP contribution in [0.1, 0.15) is 32.9 Å². The van der Waals surface area contributed by atoms with E-state index in [4.69, 9.17) is 10.5 Å². The fourth-order valence-corrected chi connectivity index (χ4v) is 1.48. The fraction of sp³-hybridized carbons (Fsp3) is 0.583. The van der Waals surface area contributed by atoms with Crippen molar-refractivity contribution in [3.63, 3.8) is 0 Å². The summed E-state index contributed by atoms with van der Waals surface area (Å²) in [6, 6.07) is 0. The van der Waals surface area contributed by atoms with E-state index in [-0.39, 0.29) is 0 Å². The Bertz CT molecular complexity index is 446. The number of alkyl carbamates (subject to hydrolysis) is 1. The smallest absolute Gasteiger partial charge is 0.407 e. The van der Waals surface area contributed by atoms with Gasteiger partial charge in [0.15, 0.2) is 7.85 Å². The monoisotopic (exact) mass is 264 g/mol. The van der Waals surface area contributed by atoms with Crippen LogP contribution in [-0.2, 0) is 11.2 Å². The van der Waals surface area contributed by atoms with Gasteiger partial charge in [0.1, 0.15) is 11.4 Å². The van der Waals surface area contributed by atoms with E-state index in [1.165, 1.54) is 0 Å². The van der Waals surface area contributed by atoms with Crippen molar-refractivity contribution in [1.29, 1.82) is 0 Å². The van der Waals surface area contributed by atoms with Crippen molar-refractivity contribution < 1.29 is 9.53 Å². The van der Waals surface area contributed by atoms with Crippen molar-refractivity contribution >= 4 is 25.4 Å². The minimum absolute atomic E-state index is 0.407. The number of rotatable bonds is 4. The lowest BCUT2D eigenvalue weighted by atomic mass is 10.1. The molecule has 1 aromatic heterocycles. The SMILES string of the molecule is Bc1cnc(N)c(CCCNC(=O)OC(C)(C)C)n1. The number of ether oxygens (including phenoxy) is 1. The summed E-state index contributed by atoms with van der Waals surface area (Å²) >= 11 is 0. The number of carbonyl (C=O) groups is 1. The second-order valence-corrected chi connectivity index (χ2v) is 5.38. The van der Waals surface area contributed by atoms with Crippen LogP contribution in [0.2, 0.25) is 0 Å². The Hall–Kier alpha value is -1.79. The molecule has 104 valence electrons. The molecular formula is C12H21BN4O2. The predicted molar refractivity (Wildman–Crippen MR) is 77.2 cm³/mol. The molecular weight excluding hydrogens is 243 g/mol. The summed E-state index contributed by atoms with van der Waals surface area (Å²) in [5.74, 6) is 0.447. The maximum Gasteiger partial charge on any atom is 0.407 e. The Kier molecular flexibility index (Phi) is 5.15. The molecule has 0 radical (unpaired) electrons. The van der Waals surface area contributed by atoms with Crippen molar-refractivity contribution in [2.24, 2.45) is 0 Å². The maximum atomic E-state index is 11.4. The van der Waals surface area contributed by atoms with Crippen molar-refractivity contribution in [2.75, 3.05) is 12.3 Å². The Balaban J connectivity index is 2.31. The number of nitrogens with one attached hydrogen (secondary N) is 1. The van der Waals surface area contributed by atoms with E-state index in [9.17, 15) is 4.79 Å². The number of hydrogen-bond donors (Lipinski definition) is 2. The zero-order chi connectivity index (χ0) is 14.5. The molecule has 0 spiro atoms. The van der Waals surface area contributed by atoms with Crippen LogP contribution >= 0.6 is 0 Å². The molecule has 7 heteroatoms. The number of aryl methyl sites for hydroxylation is 1. The first-order chi connectivity index (χ1) is 8.78. The van der Waals surface area contributed by atoms with E-state index in [1.54, 1.807) is 6.20 Å². The first-order valence-corrected chi connectivity index (χ1v) is 6.33. The van der Waals surface area contributed by atoms with Gasteiger partial charge in [-0.2, -0.15) is 0 Å². The molecule has 1 aromatic rings. The highest BCUT2D eigenvalue weighted by Crippen LogP contribution is 2.07. The van der Waals surface area contributed by atoms with Gasteiger partial charge < -0.3 is 15.8 Å². The van der Waals surface area contributed by atoms with E-state index < -0.39 is 11.7 Å². The van der Waals surface area contributed by atoms with Gasteiger partial charge in [-0.3, -0.25) is 4.98 Å². The maximum absolute atomic E-state index is 11.4. The second kappa shape index (κ2) is 6.40. The van der Waals surface area contributed by atoms with Gasteiger partial charge in [0, 0.05) is 18.3 Å². The third kappa shape index (κ3) is 6.08. The third-order valence-corrected chi connectivity index (χ3v) is 2.26. The van der Waals surface area contributed by atoms with Crippen LogP contribution in [0.25, 0.3) is 0 Å². The van der Waals surface area contributed by atoms with E-state index in [1.807, 2.05) is 28.6 Å². The highest BCUT2D eigenvalue weighted by Gasteiger charge is 2.15. The lowest BCUT2D eigenvalue weighted by Gasteiger charge is -2.19. The molecule has 3 N–H and O–H groups in total. The van der Waals surface area contributed by atoms with Gasteiger partial charge in [0.25, 0.3) is 0 Å². The van der Waals surface area contributed by atoms with Crippen LogP contribution in [-0.4, -0.2) is 36.1 Å². The normalized spacial score (nSPS) is 11.1. The third-order valence-electron chi connectivity index (χ3n) is 2.26. The van der Waals surface area contributed by atoms with Crippen molar-refractivity contribution in [3.8, 4) is 0 Å². The molecule has 0 saturated heterocycles. The minimum Gasteiger partial charge on any atom is -0.444 e. The van der Waals surface area contributed by atoms with Gasteiger partial charge in [-0.05, 0) is 33.6 Å². The zero-order valence-electron chi connectivity index (χ0n) is 12.0. The molecule has 0 saturated carbocycles. The topological polar surface area (TPSA) is 90.1 Å². The molecule has 1 heterocycles. The molecule has 1 amide bonds. The number of nitrogen functional groups attached to an aromatic ring is 1. The van der Waals surface area contributed by atoms with Crippen LogP contribution < -0.4 is 16.6 Å². The van der Waals surface area contributed by atoms with E-state index in [0.29, 0.717) is 18.8 Å². The van der Waals surface area contributed by atoms with Crippen LogP contribution in [0, 0.1) is 0 Å². The number of anilines is 1. The number of carbonyl (C=O) groups excluding carboxylic acids is 1. The second-order valence-electron chi connectivity index (χ2n) is 5.38. The predicted octanol–water partition coefficient (Wildman–Crippen LogP) is -0.226. The molecule has 1 rings (SSSR count). The Morgan fingerprint density at radius 3 is 2.84 bits per heavy atom. The summed E-state index contributed by atoms with van der Waals surface area (Å²) in [5.41, 5.74) is 6.86. The molecule has 0 aliphatic rings. The average Bonchev–Trinajstić information content (AvgIpc) is 2.26. The molecule has 0 aromatic carbocycles. The Labute approximate surface area is 114 Å². The van der Waals surface area contributed by atoms with Gasteiger partial charge in [-0.15, -0.1) is 0 Å². The van der Waals surface area contributed by atoms with Crippen LogP contribution in [0.3, 0.4) is 0 Å². The van der Waals surface area contributed by atoms with Crippen molar-refractivity contribution in [3.05, 3.63) is 11.9 Å². The number of aromatic nitrogens is 2. The quantitative estimate of drug-likeness (QED) is 0.579. The van der Waals surface area contributed by atoms with Crippen LogP contribution in [0.4, 0.5) is 10.6 Å². The first kappa shape index (κ1) is 15.3. The standard InChI is InChI=1S/C12H21BN4O2/c1-12(2,3)19-11(18)15-6-4-5-8-10(14)16-7-9(13)17-8/h7H,4-6,13H2,1-3H3,(H2,14,16)(H,15,18). The fourth-order valence-electron chi connectivity index (χ4n) is 1.48. The molecule has 19 heavy (non-hydrogen) atoms. The van der Waals surface area contributed by atoms with Gasteiger partial charge >= 0.3 is 6.09 Å². The van der Waals surface area contributed by atoms with Gasteiger partial charge in [0.05, 0.1) is 5.69 Å². The molecule has 0 bridgehead atoms. The van der Waals surface area contributed by atoms with Crippen LogP contribution in [0.15, 0.2) is 6.20 Å². The highest BCUT2D eigenvalue weighted by atomic mass is 16.6. The van der Waals surface area contributed by atoms with Gasteiger partial charge in [-0.1, -0.05) is 0 Å². The lowest BCUT2D eigenvalue weighted by molar-refractivity contribution is 0.0527. The Morgan fingerprint density at radius 1 is 1.53 bits per heavy atom. The summed E-state index contributed by atoms with van der Waals surface area (Å²) < 4.78 is 5.13. The van der Waals surface area contributed by atoms with E-state index >= 15 is 0 Å². The molecule has 0 atom stereocenters. The first-order valence-electron chi connectivity index (χ1n) is 6.33. The largest absolute Gasteiger partial charge is 0.444 e. The number of nitrogens with two attached hydrogens (primary N) is 1. The zero-order valence-corrected chi connectivity index (χ0v) is 12.0. The number of nitrogens with zero attached hydrogens (tertiary/aromatic N) is 2. The molecule has 0 fully saturated rings. The summed E-state index contributed by atoms with van der Waals surface area (Å²) in [6.45, 7) is 6.00. The summed E-state index contributed by atoms with van der Waals surface area (Å²) in [6.07, 6.45) is 2.64. The van der Waals surface area contributed by atoms with Gasteiger partial charge in [0.2, 0.25) is 0 Å². The van der Waals surface area contributed by atoms with Gasteiger partial charge in [-0.25, -0.2) is 9.78 Å². The number of hydrogen-bond acceptors (Lipinski definition) is 5. The van der Waals surface area contributed by atoms with Crippen LogP contribution in [0.5, 0.6) is 0 Å². The number of amides is 1. The molecule has 0 aliphatic carbocycles. The van der Waals surface area contributed by atoms with E-state index in [2.05, 4.69) is 15.3 Å². The lowest BCUT2D eigenvalue weighted by Crippen LogP contribution is -2.33. The molecule has 0 unspecified atom stereocenters. The summed E-state index contributed by atoms with van der Waals surface area (Å²) in [7, 11) is 1.87. The summed E-state index contributed by atoms with van der Waals surface area (Å²) in [5, 5.41) is 2.69.